The topological polar surface area (TPSA) is 77.5 Å². The Labute approximate surface area is 184 Å². The molecule has 0 radical (unpaired) electrons. The molecule has 2 aliphatic rings. The van der Waals surface area contributed by atoms with E-state index in [-0.39, 0.29) is 5.91 Å². The number of pyridine rings is 1. The molecule has 2 saturated heterocycles. The van der Waals surface area contributed by atoms with Gasteiger partial charge < -0.3 is 20.0 Å². The van der Waals surface area contributed by atoms with Crippen LogP contribution in [0.5, 0.6) is 0 Å². The standard InChI is InChI=1S/C23H33N7O/c1-2-24-20-16-22(27-18-26-20)30-11-5-6-19(17-30)8-9-23(31)29-14-12-28(13-15-29)21-7-3-4-10-25-21/h3-4,7,10,16,18-19H,2,5-6,8-9,11-15,17H2,1H3,(H,24,26,27)/t19-/m0/s1. The van der Waals surface area contributed by atoms with Gasteiger partial charge in [0.15, 0.2) is 0 Å². The van der Waals surface area contributed by atoms with E-state index in [4.69, 9.17) is 0 Å². The predicted molar refractivity (Wildman–Crippen MR) is 123 cm³/mol. The number of nitrogens with one attached hydrogen (secondary N) is 1. The highest BCUT2D eigenvalue weighted by Gasteiger charge is 2.25. The maximum atomic E-state index is 12.8. The van der Waals surface area contributed by atoms with E-state index in [1.54, 1.807) is 6.33 Å². The van der Waals surface area contributed by atoms with Crippen molar-refractivity contribution in [1.82, 2.24) is 19.9 Å². The van der Waals surface area contributed by atoms with Crippen molar-refractivity contribution in [3.05, 3.63) is 36.8 Å². The quantitative estimate of drug-likeness (QED) is 0.733. The number of amides is 1. The van der Waals surface area contributed by atoms with Gasteiger partial charge in [-0.3, -0.25) is 4.79 Å². The molecule has 0 aliphatic carbocycles. The second-order valence-electron chi connectivity index (χ2n) is 8.34. The third-order valence-corrected chi connectivity index (χ3v) is 6.23. The van der Waals surface area contributed by atoms with E-state index in [0.29, 0.717) is 12.3 Å². The smallest absolute Gasteiger partial charge is 0.222 e. The second kappa shape index (κ2) is 10.4. The molecular formula is C23H33N7O. The lowest BCUT2D eigenvalue weighted by Crippen LogP contribution is -2.49. The number of nitrogens with zero attached hydrogens (tertiary/aromatic N) is 6. The zero-order valence-electron chi connectivity index (χ0n) is 18.4. The fraction of sp³-hybridized carbons (Fsp3) is 0.565. The van der Waals surface area contributed by atoms with Crippen LogP contribution in [0, 0.1) is 5.92 Å². The largest absolute Gasteiger partial charge is 0.370 e. The van der Waals surface area contributed by atoms with E-state index in [1.807, 2.05) is 35.4 Å². The summed E-state index contributed by atoms with van der Waals surface area (Å²) in [5.41, 5.74) is 0. The van der Waals surface area contributed by atoms with Gasteiger partial charge in [0.25, 0.3) is 0 Å². The number of carbonyl (C=O) groups is 1. The van der Waals surface area contributed by atoms with Crippen molar-refractivity contribution in [3.8, 4) is 0 Å². The summed E-state index contributed by atoms with van der Waals surface area (Å²) in [6.45, 7) is 8.14. The van der Waals surface area contributed by atoms with Gasteiger partial charge in [-0.05, 0) is 44.2 Å². The molecule has 2 aromatic rings. The lowest BCUT2D eigenvalue weighted by Gasteiger charge is -2.36. The van der Waals surface area contributed by atoms with Crippen LogP contribution in [0.1, 0.15) is 32.6 Å². The Bertz CT molecular complexity index is 839. The Morgan fingerprint density at radius 3 is 2.71 bits per heavy atom. The minimum Gasteiger partial charge on any atom is -0.370 e. The molecule has 8 nitrogen and oxygen atoms in total. The Balaban J connectivity index is 1.24. The monoisotopic (exact) mass is 423 g/mol. The highest BCUT2D eigenvalue weighted by Crippen LogP contribution is 2.26. The fourth-order valence-corrected chi connectivity index (χ4v) is 4.52. The van der Waals surface area contributed by atoms with Crippen molar-refractivity contribution in [2.75, 3.05) is 60.9 Å². The van der Waals surface area contributed by atoms with Crippen molar-refractivity contribution in [2.45, 2.75) is 32.6 Å². The van der Waals surface area contributed by atoms with Crippen LogP contribution in [-0.4, -0.2) is 71.6 Å². The van der Waals surface area contributed by atoms with Gasteiger partial charge in [0, 0.05) is 64.5 Å². The number of aromatic nitrogens is 3. The summed E-state index contributed by atoms with van der Waals surface area (Å²) in [6.07, 6.45) is 7.36. The molecule has 1 N–H and O–H groups in total. The average Bonchev–Trinajstić information content (AvgIpc) is 2.84. The molecular weight excluding hydrogens is 390 g/mol. The molecule has 0 spiro atoms. The van der Waals surface area contributed by atoms with Crippen LogP contribution < -0.4 is 15.1 Å². The van der Waals surface area contributed by atoms with Gasteiger partial charge in [-0.15, -0.1) is 0 Å². The lowest BCUT2D eigenvalue weighted by molar-refractivity contribution is -0.131. The molecule has 166 valence electrons. The van der Waals surface area contributed by atoms with Gasteiger partial charge in [0.2, 0.25) is 5.91 Å². The summed E-state index contributed by atoms with van der Waals surface area (Å²) in [4.78, 5) is 32.6. The van der Waals surface area contributed by atoms with Crippen LogP contribution in [0.2, 0.25) is 0 Å². The summed E-state index contributed by atoms with van der Waals surface area (Å²) >= 11 is 0. The van der Waals surface area contributed by atoms with Crippen LogP contribution in [0.15, 0.2) is 36.8 Å². The molecule has 0 bridgehead atoms. The Morgan fingerprint density at radius 2 is 1.94 bits per heavy atom. The SMILES string of the molecule is CCNc1cc(N2CCC[C@@H](CCC(=O)N3CCN(c4ccccn4)CC3)C2)ncn1. The van der Waals surface area contributed by atoms with Crippen molar-refractivity contribution in [1.29, 1.82) is 0 Å². The van der Waals surface area contributed by atoms with Crippen LogP contribution in [-0.2, 0) is 4.79 Å². The summed E-state index contributed by atoms with van der Waals surface area (Å²) in [5, 5.41) is 3.25. The fourth-order valence-electron chi connectivity index (χ4n) is 4.52. The van der Waals surface area contributed by atoms with Crippen LogP contribution >= 0.6 is 0 Å². The highest BCUT2D eigenvalue weighted by molar-refractivity contribution is 5.76. The molecule has 4 heterocycles. The van der Waals surface area contributed by atoms with Gasteiger partial charge in [-0.25, -0.2) is 15.0 Å². The van der Waals surface area contributed by atoms with Crippen LogP contribution in [0.3, 0.4) is 0 Å². The summed E-state index contributed by atoms with van der Waals surface area (Å²) < 4.78 is 0. The van der Waals surface area contributed by atoms with E-state index in [2.05, 4.69) is 37.0 Å². The minimum atomic E-state index is 0.286. The van der Waals surface area contributed by atoms with Crippen molar-refractivity contribution < 1.29 is 4.79 Å². The van der Waals surface area contributed by atoms with Crippen molar-refractivity contribution in [3.63, 3.8) is 0 Å². The number of carbonyl (C=O) groups excluding carboxylic acids is 1. The molecule has 1 atom stereocenters. The minimum absolute atomic E-state index is 0.286. The molecule has 2 aliphatic heterocycles. The Kier molecular flexibility index (Phi) is 7.17. The van der Waals surface area contributed by atoms with Gasteiger partial charge in [0.05, 0.1) is 0 Å². The number of rotatable bonds is 7. The van der Waals surface area contributed by atoms with Gasteiger partial charge in [-0.1, -0.05) is 6.07 Å². The first kappa shape index (κ1) is 21.3. The van der Waals surface area contributed by atoms with Crippen LogP contribution in [0.25, 0.3) is 0 Å². The Morgan fingerprint density at radius 1 is 1.06 bits per heavy atom. The van der Waals surface area contributed by atoms with E-state index in [9.17, 15) is 4.79 Å². The maximum absolute atomic E-state index is 12.8. The number of piperazine rings is 1. The molecule has 31 heavy (non-hydrogen) atoms. The van der Waals surface area contributed by atoms with Crippen molar-refractivity contribution >= 4 is 23.4 Å². The molecule has 4 rings (SSSR count). The molecule has 0 saturated carbocycles. The third kappa shape index (κ3) is 5.62. The normalized spacial score (nSPS) is 19.4. The second-order valence-corrected chi connectivity index (χ2v) is 8.34. The summed E-state index contributed by atoms with van der Waals surface area (Å²) in [5.74, 6) is 3.67. The summed E-state index contributed by atoms with van der Waals surface area (Å²) in [7, 11) is 0. The molecule has 2 fully saturated rings. The van der Waals surface area contributed by atoms with E-state index in [0.717, 1.165) is 76.1 Å². The number of hydrogen-bond acceptors (Lipinski definition) is 7. The maximum Gasteiger partial charge on any atom is 0.222 e. The van der Waals surface area contributed by atoms with Gasteiger partial charge in [0.1, 0.15) is 23.8 Å². The van der Waals surface area contributed by atoms with Gasteiger partial charge in [-0.2, -0.15) is 0 Å². The number of hydrogen-bond donors (Lipinski definition) is 1. The molecule has 0 unspecified atom stereocenters. The summed E-state index contributed by atoms with van der Waals surface area (Å²) in [6, 6.07) is 8.00. The first-order chi connectivity index (χ1) is 15.2. The first-order valence-electron chi connectivity index (χ1n) is 11.5. The highest BCUT2D eigenvalue weighted by atomic mass is 16.2. The van der Waals surface area contributed by atoms with Gasteiger partial charge >= 0.3 is 0 Å². The van der Waals surface area contributed by atoms with E-state index >= 15 is 0 Å². The van der Waals surface area contributed by atoms with Crippen LogP contribution in [0.4, 0.5) is 17.5 Å². The number of anilines is 3. The lowest BCUT2D eigenvalue weighted by atomic mass is 9.93. The molecule has 2 aromatic heterocycles. The third-order valence-electron chi connectivity index (χ3n) is 6.23. The molecule has 0 aromatic carbocycles. The Hall–Kier alpha value is -2.90. The van der Waals surface area contributed by atoms with E-state index in [1.165, 1.54) is 6.42 Å². The number of piperidine rings is 1. The van der Waals surface area contributed by atoms with Crippen molar-refractivity contribution in [2.24, 2.45) is 5.92 Å². The first-order valence-corrected chi connectivity index (χ1v) is 11.5. The zero-order chi connectivity index (χ0) is 21.5. The predicted octanol–water partition coefficient (Wildman–Crippen LogP) is 2.65. The zero-order valence-corrected chi connectivity index (χ0v) is 18.4. The molecule has 1 amide bonds. The average molecular weight is 424 g/mol. The molecule has 8 heteroatoms. The van der Waals surface area contributed by atoms with E-state index < -0.39 is 0 Å².